The van der Waals surface area contributed by atoms with Crippen LogP contribution in [-0.2, 0) is 14.8 Å². The molecule has 0 aromatic carbocycles. The van der Waals surface area contributed by atoms with Crippen molar-refractivity contribution in [2.24, 2.45) is 5.92 Å². The van der Waals surface area contributed by atoms with Crippen LogP contribution in [0.15, 0.2) is 5.38 Å². The third-order valence-electron chi connectivity index (χ3n) is 4.09. The predicted molar refractivity (Wildman–Crippen MR) is 82.4 cm³/mol. The van der Waals surface area contributed by atoms with Crippen LogP contribution in [0.3, 0.4) is 0 Å². The Morgan fingerprint density at radius 2 is 2.18 bits per heavy atom. The van der Waals surface area contributed by atoms with E-state index in [4.69, 9.17) is 4.74 Å². The Kier molecular flexibility index (Phi) is 4.23. The van der Waals surface area contributed by atoms with E-state index in [9.17, 15) is 13.2 Å². The molecule has 0 aliphatic carbocycles. The molecule has 1 aromatic rings. The lowest BCUT2D eigenvalue weighted by Crippen LogP contribution is -2.37. The molecular weight excluding hydrogens is 326 g/mol. The number of hydrogen-bond donors (Lipinski definition) is 0. The number of ether oxygens (including phenoxy) is 1. The highest BCUT2D eigenvalue weighted by Crippen LogP contribution is 2.26. The maximum Gasteiger partial charge on any atom is 0.273 e. The summed E-state index contributed by atoms with van der Waals surface area (Å²) in [5.74, 6) is -0.0900. The molecule has 0 N–H and O–H groups in total. The summed E-state index contributed by atoms with van der Waals surface area (Å²) in [6, 6.07) is 0. The molecule has 1 aromatic heterocycles. The van der Waals surface area contributed by atoms with Crippen molar-refractivity contribution in [3.63, 3.8) is 0 Å². The van der Waals surface area contributed by atoms with Gasteiger partial charge in [0.25, 0.3) is 5.91 Å². The van der Waals surface area contributed by atoms with Gasteiger partial charge in [0.2, 0.25) is 10.0 Å². The van der Waals surface area contributed by atoms with E-state index in [1.165, 1.54) is 21.9 Å². The van der Waals surface area contributed by atoms with Crippen molar-refractivity contribution in [2.45, 2.75) is 13.0 Å². The molecule has 0 unspecified atom stereocenters. The van der Waals surface area contributed by atoms with Gasteiger partial charge in [-0.3, -0.25) is 4.79 Å². The second kappa shape index (κ2) is 5.88. The molecule has 0 spiro atoms. The monoisotopic (exact) mass is 345 g/mol. The first-order valence-corrected chi connectivity index (χ1v) is 9.85. The van der Waals surface area contributed by atoms with Gasteiger partial charge in [-0.1, -0.05) is 0 Å². The van der Waals surface area contributed by atoms with E-state index in [1.807, 2.05) is 6.92 Å². The molecule has 3 rings (SSSR count). The first-order valence-electron chi connectivity index (χ1n) is 7.12. The topological polar surface area (TPSA) is 79.8 Å². The molecule has 2 atom stereocenters. The van der Waals surface area contributed by atoms with Gasteiger partial charge in [0, 0.05) is 37.5 Å². The van der Waals surface area contributed by atoms with Crippen molar-refractivity contribution in [1.29, 1.82) is 0 Å². The highest BCUT2D eigenvalue weighted by atomic mass is 32.2. The minimum absolute atomic E-state index is 0.0147. The molecule has 0 radical (unpaired) electrons. The molecule has 122 valence electrons. The van der Waals surface area contributed by atoms with Crippen LogP contribution in [-0.4, -0.2) is 73.7 Å². The van der Waals surface area contributed by atoms with E-state index in [-0.39, 0.29) is 17.9 Å². The Morgan fingerprint density at radius 3 is 2.82 bits per heavy atom. The first kappa shape index (κ1) is 15.9. The third-order valence-corrected chi connectivity index (χ3v) is 6.13. The third kappa shape index (κ3) is 3.17. The summed E-state index contributed by atoms with van der Waals surface area (Å²) in [5.41, 5.74) is 0.457. The van der Waals surface area contributed by atoms with Gasteiger partial charge in [0.15, 0.2) is 0 Å². The van der Waals surface area contributed by atoms with Crippen LogP contribution >= 0.6 is 11.3 Å². The molecule has 2 saturated heterocycles. The minimum atomic E-state index is -3.24. The molecule has 2 aliphatic rings. The molecule has 22 heavy (non-hydrogen) atoms. The number of aromatic nitrogens is 1. The Morgan fingerprint density at radius 1 is 1.41 bits per heavy atom. The number of thiazole rings is 1. The Labute approximate surface area is 133 Å². The van der Waals surface area contributed by atoms with Crippen LogP contribution < -0.4 is 0 Å². The van der Waals surface area contributed by atoms with Gasteiger partial charge in [-0.05, 0) is 6.92 Å². The molecule has 0 bridgehead atoms. The number of fused-ring (bicyclic) bond motifs is 1. The van der Waals surface area contributed by atoms with E-state index in [0.29, 0.717) is 38.5 Å². The Balaban J connectivity index is 1.72. The van der Waals surface area contributed by atoms with Crippen LogP contribution in [0.1, 0.15) is 15.5 Å². The molecule has 7 nitrogen and oxygen atoms in total. The van der Waals surface area contributed by atoms with Crippen molar-refractivity contribution in [1.82, 2.24) is 14.2 Å². The van der Waals surface area contributed by atoms with Gasteiger partial charge in [0.1, 0.15) is 5.69 Å². The van der Waals surface area contributed by atoms with Crippen LogP contribution in [0, 0.1) is 12.8 Å². The second-order valence-electron chi connectivity index (χ2n) is 5.75. The average molecular weight is 345 g/mol. The van der Waals surface area contributed by atoms with Gasteiger partial charge in [-0.15, -0.1) is 11.3 Å². The average Bonchev–Trinajstić information content (AvgIpc) is 2.98. The lowest BCUT2D eigenvalue weighted by molar-refractivity contribution is 0.0490. The fourth-order valence-corrected chi connectivity index (χ4v) is 4.41. The van der Waals surface area contributed by atoms with E-state index < -0.39 is 10.0 Å². The van der Waals surface area contributed by atoms with Crippen LogP contribution in [0.25, 0.3) is 0 Å². The van der Waals surface area contributed by atoms with Crippen molar-refractivity contribution in [3.8, 4) is 0 Å². The van der Waals surface area contributed by atoms with E-state index >= 15 is 0 Å². The summed E-state index contributed by atoms with van der Waals surface area (Å²) in [7, 11) is -3.24. The highest BCUT2D eigenvalue weighted by molar-refractivity contribution is 7.88. The van der Waals surface area contributed by atoms with Gasteiger partial charge in [-0.25, -0.2) is 13.4 Å². The largest absolute Gasteiger partial charge is 0.375 e. The quantitative estimate of drug-likeness (QED) is 0.764. The molecule has 2 aliphatic heterocycles. The Bertz CT molecular complexity index is 673. The molecule has 3 heterocycles. The molecular formula is C13H19N3O4S2. The summed E-state index contributed by atoms with van der Waals surface area (Å²) >= 11 is 1.45. The number of sulfonamides is 1. The molecule has 2 fully saturated rings. The summed E-state index contributed by atoms with van der Waals surface area (Å²) in [6.07, 6.45) is 1.11. The van der Waals surface area contributed by atoms with Gasteiger partial charge >= 0.3 is 0 Å². The van der Waals surface area contributed by atoms with Crippen molar-refractivity contribution in [2.75, 3.05) is 39.0 Å². The molecule has 1 amide bonds. The maximum absolute atomic E-state index is 12.5. The lowest BCUT2D eigenvalue weighted by Gasteiger charge is -2.21. The van der Waals surface area contributed by atoms with Crippen molar-refractivity contribution in [3.05, 3.63) is 16.1 Å². The second-order valence-corrected chi connectivity index (χ2v) is 8.80. The van der Waals surface area contributed by atoms with Crippen LogP contribution in [0.4, 0.5) is 0 Å². The summed E-state index contributed by atoms with van der Waals surface area (Å²) in [6.45, 7) is 4.02. The van der Waals surface area contributed by atoms with Crippen molar-refractivity contribution >= 4 is 27.3 Å². The summed E-state index contributed by atoms with van der Waals surface area (Å²) in [5, 5.41) is 2.62. The van der Waals surface area contributed by atoms with E-state index in [1.54, 1.807) is 10.3 Å². The Hall–Kier alpha value is -1.03. The number of likely N-dealkylation sites (tertiary alicyclic amines) is 1. The number of carbonyl (C=O) groups excluding carboxylic acids is 1. The zero-order valence-electron chi connectivity index (χ0n) is 12.6. The first-order chi connectivity index (χ1) is 10.3. The predicted octanol–water partition coefficient (Wildman–Crippen LogP) is 0.184. The van der Waals surface area contributed by atoms with Gasteiger partial charge in [0.05, 0.1) is 24.0 Å². The standard InChI is InChI=1S/C13H19N3O4S2/c1-9-14-11(8-21-9)13(17)15-5-10-6-16(22(2,18)19)3-4-20-12(10)7-15/h8,10,12H,3-7H2,1-2H3/t10-,12-/m1/s1. The van der Waals surface area contributed by atoms with Crippen LogP contribution in [0.5, 0.6) is 0 Å². The number of hydrogen-bond acceptors (Lipinski definition) is 6. The minimum Gasteiger partial charge on any atom is -0.375 e. The number of amides is 1. The van der Waals surface area contributed by atoms with Crippen molar-refractivity contribution < 1.29 is 17.9 Å². The number of aryl methyl sites for hydroxylation is 1. The smallest absolute Gasteiger partial charge is 0.273 e. The highest BCUT2D eigenvalue weighted by Gasteiger charge is 2.40. The summed E-state index contributed by atoms with van der Waals surface area (Å²) in [4.78, 5) is 18.4. The van der Waals surface area contributed by atoms with E-state index in [2.05, 4.69) is 4.98 Å². The SMILES string of the molecule is Cc1nc(C(=O)N2C[C@@H]3CN(S(C)(=O)=O)CCO[C@@H]3C2)cs1. The maximum atomic E-state index is 12.5. The van der Waals surface area contributed by atoms with E-state index in [0.717, 1.165) is 5.01 Å². The number of rotatable bonds is 2. The lowest BCUT2D eigenvalue weighted by atomic mass is 10.1. The molecule has 0 saturated carbocycles. The summed E-state index contributed by atoms with van der Waals surface area (Å²) < 4.78 is 30.7. The fraction of sp³-hybridized carbons (Fsp3) is 0.692. The zero-order chi connectivity index (χ0) is 15.9. The van der Waals surface area contributed by atoms with Gasteiger partial charge < -0.3 is 9.64 Å². The number of carbonyl (C=O) groups is 1. The van der Waals surface area contributed by atoms with Crippen LogP contribution in [0.2, 0.25) is 0 Å². The van der Waals surface area contributed by atoms with Gasteiger partial charge in [-0.2, -0.15) is 4.31 Å². The molecule has 9 heteroatoms. The number of nitrogens with zero attached hydrogens (tertiary/aromatic N) is 3. The fourth-order valence-electron chi connectivity index (χ4n) is 2.95. The normalized spacial score (nSPS) is 26.7. The zero-order valence-corrected chi connectivity index (χ0v) is 14.2.